The minimum Gasteiger partial charge on any atom is -0.341 e. The van der Waals surface area contributed by atoms with Gasteiger partial charge in [0.25, 0.3) is 5.91 Å². The Labute approximate surface area is 154 Å². The van der Waals surface area contributed by atoms with Crippen LogP contribution in [0.1, 0.15) is 40.3 Å². The van der Waals surface area contributed by atoms with E-state index in [-0.39, 0.29) is 11.9 Å². The number of carbonyl (C=O) groups excluding carboxylic acids is 1. The number of amides is 1. The molecule has 0 saturated heterocycles. The van der Waals surface area contributed by atoms with Crippen LogP contribution < -0.4 is 5.32 Å². The summed E-state index contributed by atoms with van der Waals surface area (Å²) < 4.78 is 3.73. The number of nitrogens with one attached hydrogen (secondary N) is 1. The average molecular weight is 366 g/mol. The molecule has 8 heteroatoms. The maximum absolute atomic E-state index is 12.8. The highest BCUT2D eigenvalue weighted by Gasteiger charge is 2.20. The zero-order chi connectivity index (χ0) is 18.3. The van der Waals surface area contributed by atoms with E-state index < -0.39 is 0 Å². The number of rotatable bonds is 4. The molecule has 1 aromatic carbocycles. The van der Waals surface area contributed by atoms with Crippen molar-refractivity contribution in [1.29, 1.82) is 0 Å². The Balaban J connectivity index is 1.63. The van der Waals surface area contributed by atoms with Crippen molar-refractivity contribution in [2.45, 2.75) is 26.8 Å². The average Bonchev–Trinajstić information content (AvgIpc) is 3.29. The van der Waals surface area contributed by atoms with Crippen LogP contribution in [0.25, 0.3) is 4.96 Å². The fourth-order valence-electron chi connectivity index (χ4n) is 3.26. The third kappa shape index (κ3) is 2.78. The van der Waals surface area contributed by atoms with Crippen molar-refractivity contribution in [2.24, 2.45) is 0 Å². The quantitative estimate of drug-likeness (QED) is 0.600. The van der Waals surface area contributed by atoms with Crippen LogP contribution in [0, 0.1) is 13.8 Å². The van der Waals surface area contributed by atoms with Gasteiger partial charge in [-0.25, -0.2) is 0 Å². The van der Waals surface area contributed by atoms with Crippen molar-refractivity contribution in [3.8, 4) is 0 Å². The summed E-state index contributed by atoms with van der Waals surface area (Å²) in [5, 5.41) is 15.3. The molecule has 0 aliphatic rings. The lowest BCUT2D eigenvalue weighted by Crippen LogP contribution is -2.15. The van der Waals surface area contributed by atoms with Gasteiger partial charge < -0.3 is 4.57 Å². The minimum absolute atomic E-state index is 0.145. The number of benzene rings is 1. The molecule has 3 aromatic heterocycles. The number of fused-ring (bicyclic) bond motifs is 1. The molecule has 0 fully saturated rings. The zero-order valence-electron chi connectivity index (χ0n) is 14.7. The first-order valence-electron chi connectivity index (χ1n) is 8.26. The molecule has 4 rings (SSSR count). The first-order valence-corrected chi connectivity index (χ1v) is 9.08. The standard InChI is InChI=1S/C18H18N6OS/c1-11-9-15(13(3)24(11)12(2)14-7-5-4-6-8-14)16(25)20-17-22-23-10-19-21-18(23)26-17/h4-10,12H,1-3H3,(H,20,22,25). The summed E-state index contributed by atoms with van der Waals surface area (Å²) in [5.74, 6) is -0.172. The van der Waals surface area contributed by atoms with Gasteiger partial charge in [-0.2, -0.15) is 4.52 Å². The van der Waals surface area contributed by atoms with Crippen LogP contribution in [0.15, 0.2) is 42.7 Å². The number of carbonyl (C=O) groups is 1. The number of nitrogens with zero attached hydrogens (tertiary/aromatic N) is 5. The number of hydrogen-bond acceptors (Lipinski definition) is 5. The molecule has 1 N–H and O–H groups in total. The van der Waals surface area contributed by atoms with Gasteiger partial charge in [0, 0.05) is 11.4 Å². The van der Waals surface area contributed by atoms with Gasteiger partial charge >= 0.3 is 0 Å². The van der Waals surface area contributed by atoms with Crippen LogP contribution in [0.5, 0.6) is 0 Å². The second kappa shape index (κ2) is 6.38. The van der Waals surface area contributed by atoms with Crippen molar-refractivity contribution in [3.63, 3.8) is 0 Å². The molecule has 1 atom stereocenters. The van der Waals surface area contributed by atoms with E-state index in [9.17, 15) is 4.79 Å². The predicted octanol–water partition coefficient (Wildman–Crippen LogP) is 3.47. The van der Waals surface area contributed by atoms with Crippen molar-refractivity contribution >= 4 is 27.3 Å². The lowest BCUT2D eigenvalue weighted by molar-refractivity contribution is 0.102. The van der Waals surface area contributed by atoms with E-state index >= 15 is 0 Å². The van der Waals surface area contributed by atoms with E-state index in [1.54, 1.807) is 4.52 Å². The molecule has 0 aliphatic heterocycles. The first kappa shape index (κ1) is 16.5. The van der Waals surface area contributed by atoms with Crippen molar-refractivity contribution in [1.82, 2.24) is 24.4 Å². The summed E-state index contributed by atoms with van der Waals surface area (Å²) in [7, 11) is 0. The van der Waals surface area contributed by atoms with Crippen LogP contribution in [0.3, 0.4) is 0 Å². The Morgan fingerprint density at radius 3 is 2.73 bits per heavy atom. The maximum Gasteiger partial charge on any atom is 0.259 e. The monoisotopic (exact) mass is 366 g/mol. The summed E-state index contributed by atoms with van der Waals surface area (Å²) in [4.78, 5) is 13.4. The highest BCUT2D eigenvalue weighted by Crippen LogP contribution is 2.26. The molecule has 0 bridgehead atoms. The molecular formula is C18H18N6OS. The Bertz CT molecular complexity index is 1050. The molecule has 0 radical (unpaired) electrons. The van der Waals surface area contributed by atoms with Crippen molar-refractivity contribution in [2.75, 3.05) is 5.32 Å². The highest BCUT2D eigenvalue weighted by molar-refractivity contribution is 7.20. The molecule has 26 heavy (non-hydrogen) atoms. The Hall–Kier alpha value is -3.00. The fraction of sp³-hybridized carbons (Fsp3) is 0.222. The maximum atomic E-state index is 12.8. The number of aryl methyl sites for hydroxylation is 1. The van der Waals surface area contributed by atoms with E-state index in [2.05, 4.69) is 44.2 Å². The van der Waals surface area contributed by atoms with E-state index in [1.807, 2.05) is 38.1 Å². The molecule has 0 spiro atoms. The third-order valence-corrected chi connectivity index (χ3v) is 5.33. The normalized spacial score (nSPS) is 12.4. The Kier molecular flexibility index (Phi) is 4.04. The highest BCUT2D eigenvalue weighted by atomic mass is 32.1. The SMILES string of the molecule is Cc1cc(C(=O)Nc2nn3cnnc3s2)c(C)n1C(C)c1ccccc1. The van der Waals surface area contributed by atoms with Crippen LogP contribution in [0.2, 0.25) is 0 Å². The lowest BCUT2D eigenvalue weighted by Gasteiger charge is -2.19. The Morgan fingerprint density at radius 1 is 1.23 bits per heavy atom. The van der Waals surface area contributed by atoms with Crippen LogP contribution in [-0.2, 0) is 0 Å². The largest absolute Gasteiger partial charge is 0.341 e. The summed E-state index contributed by atoms with van der Waals surface area (Å²) in [6.45, 7) is 6.13. The van der Waals surface area contributed by atoms with Gasteiger partial charge in [0.05, 0.1) is 11.6 Å². The lowest BCUT2D eigenvalue weighted by atomic mass is 10.1. The van der Waals surface area contributed by atoms with E-state index in [0.29, 0.717) is 15.7 Å². The van der Waals surface area contributed by atoms with E-state index in [4.69, 9.17) is 0 Å². The topological polar surface area (TPSA) is 77.1 Å². The summed E-state index contributed by atoms with van der Waals surface area (Å²) in [6.07, 6.45) is 1.51. The summed E-state index contributed by atoms with van der Waals surface area (Å²) in [5.41, 5.74) is 3.83. The second-order valence-corrected chi connectivity index (χ2v) is 7.12. The summed E-state index contributed by atoms with van der Waals surface area (Å²) >= 11 is 1.29. The second-order valence-electron chi connectivity index (χ2n) is 6.16. The Morgan fingerprint density at radius 2 is 2.00 bits per heavy atom. The van der Waals surface area contributed by atoms with Gasteiger partial charge in [-0.3, -0.25) is 10.1 Å². The summed E-state index contributed by atoms with van der Waals surface area (Å²) in [6, 6.07) is 12.3. The minimum atomic E-state index is -0.172. The van der Waals surface area contributed by atoms with E-state index in [1.165, 1.54) is 23.2 Å². The fourth-order valence-corrected chi connectivity index (χ4v) is 3.97. The molecule has 1 unspecified atom stereocenters. The number of anilines is 1. The smallest absolute Gasteiger partial charge is 0.259 e. The van der Waals surface area contributed by atoms with Gasteiger partial charge in [-0.1, -0.05) is 41.7 Å². The van der Waals surface area contributed by atoms with Gasteiger partial charge in [0.15, 0.2) is 0 Å². The van der Waals surface area contributed by atoms with Crippen molar-refractivity contribution in [3.05, 3.63) is 65.2 Å². The van der Waals surface area contributed by atoms with Gasteiger partial charge in [0.1, 0.15) is 6.33 Å². The molecule has 132 valence electrons. The molecule has 0 aliphatic carbocycles. The van der Waals surface area contributed by atoms with Gasteiger partial charge in [0.2, 0.25) is 10.1 Å². The molecular weight excluding hydrogens is 348 g/mol. The molecule has 4 aromatic rings. The predicted molar refractivity (Wildman–Crippen MR) is 101 cm³/mol. The molecule has 3 heterocycles. The van der Waals surface area contributed by atoms with Crippen LogP contribution in [0.4, 0.5) is 5.13 Å². The third-order valence-electron chi connectivity index (χ3n) is 4.51. The number of aromatic nitrogens is 5. The number of hydrogen-bond donors (Lipinski definition) is 1. The van der Waals surface area contributed by atoms with Gasteiger partial charge in [-0.05, 0) is 32.4 Å². The molecule has 1 amide bonds. The zero-order valence-corrected chi connectivity index (χ0v) is 15.5. The first-order chi connectivity index (χ1) is 12.5. The van der Waals surface area contributed by atoms with Gasteiger partial charge in [-0.15, -0.1) is 15.3 Å². The van der Waals surface area contributed by atoms with Crippen LogP contribution in [-0.4, -0.2) is 30.3 Å². The van der Waals surface area contributed by atoms with Crippen molar-refractivity contribution < 1.29 is 4.79 Å². The molecule has 7 nitrogen and oxygen atoms in total. The van der Waals surface area contributed by atoms with E-state index in [0.717, 1.165) is 11.4 Å². The molecule has 0 saturated carbocycles. The van der Waals surface area contributed by atoms with Crippen LogP contribution >= 0.6 is 11.3 Å².